The highest BCUT2D eigenvalue weighted by molar-refractivity contribution is 6.30. The topological polar surface area (TPSA) is 50.7 Å². The Hall–Kier alpha value is -2.92. The first-order valence-electron chi connectivity index (χ1n) is 7.24. The molecule has 118 valence electrons. The Kier molecular flexibility index (Phi) is 3.43. The van der Waals surface area contributed by atoms with E-state index in [0.717, 1.165) is 16.8 Å². The van der Waals surface area contributed by atoms with Gasteiger partial charge in [-0.1, -0.05) is 23.7 Å². The summed E-state index contributed by atoms with van der Waals surface area (Å²) in [4.78, 5) is 19.2. The third-order valence-corrected chi connectivity index (χ3v) is 4.10. The summed E-state index contributed by atoms with van der Waals surface area (Å²) in [5.74, 6) is -0.320. The Balaban J connectivity index is 2.03. The average molecular weight is 340 g/mol. The predicted octanol–water partition coefficient (Wildman–Crippen LogP) is 4.17. The SMILES string of the molecule is O=c1[nH]cnc2c1c(-c1ccc(Cl)cc1)cn2-c1ccc(F)cc1. The first kappa shape index (κ1) is 14.7. The van der Waals surface area contributed by atoms with Crippen molar-refractivity contribution in [3.63, 3.8) is 0 Å². The van der Waals surface area contributed by atoms with Crippen LogP contribution in [0.25, 0.3) is 27.8 Å². The van der Waals surface area contributed by atoms with Crippen molar-refractivity contribution in [1.29, 1.82) is 0 Å². The predicted molar refractivity (Wildman–Crippen MR) is 92.1 cm³/mol. The quantitative estimate of drug-likeness (QED) is 0.596. The first-order chi connectivity index (χ1) is 11.6. The molecule has 0 aliphatic heterocycles. The van der Waals surface area contributed by atoms with E-state index in [1.54, 1.807) is 28.8 Å². The lowest BCUT2D eigenvalue weighted by molar-refractivity contribution is 0.627. The van der Waals surface area contributed by atoms with Crippen LogP contribution in [0.4, 0.5) is 4.39 Å². The number of hydrogen-bond donors (Lipinski definition) is 1. The molecule has 4 rings (SSSR count). The first-order valence-corrected chi connectivity index (χ1v) is 7.62. The van der Waals surface area contributed by atoms with Crippen LogP contribution >= 0.6 is 11.6 Å². The number of rotatable bonds is 2. The van der Waals surface area contributed by atoms with Crippen molar-refractivity contribution < 1.29 is 4.39 Å². The third kappa shape index (κ3) is 2.39. The van der Waals surface area contributed by atoms with Gasteiger partial charge in [-0.25, -0.2) is 9.37 Å². The lowest BCUT2D eigenvalue weighted by Crippen LogP contribution is -2.07. The third-order valence-electron chi connectivity index (χ3n) is 3.85. The second-order valence-corrected chi connectivity index (χ2v) is 5.76. The number of aromatic nitrogens is 3. The van der Waals surface area contributed by atoms with E-state index in [0.29, 0.717) is 16.1 Å². The monoisotopic (exact) mass is 339 g/mol. The lowest BCUT2D eigenvalue weighted by atomic mass is 10.1. The molecule has 4 aromatic rings. The fourth-order valence-corrected chi connectivity index (χ4v) is 2.84. The van der Waals surface area contributed by atoms with Gasteiger partial charge in [-0.05, 0) is 42.0 Å². The molecule has 0 spiro atoms. The van der Waals surface area contributed by atoms with Crippen LogP contribution in [0.3, 0.4) is 0 Å². The molecule has 0 amide bonds. The Morgan fingerprint density at radius 2 is 1.75 bits per heavy atom. The number of H-pyrrole nitrogens is 1. The fraction of sp³-hybridized carbons (Fsp3) is 0. The highest BCUT2D eigenvalue weighted by Crippen LogP contribution is 2.30. The summed E-state index contributed by atoms with van der Waals surface area (Å²) in [6, 6.07) is 13.3. The zero-order chi connectivity index (χ0) is 16.7. The maximum Gasteiger partial charge on any atom is 0.260 e. The van der Waals surface area contributed by atoms with E-state index in [1.165, 1.54) is 18.5 Å². The van der Waals surface area contributed by atoms with Gasteiger partial charge in [0.2, 0.25) is 0 Å². The van der Waals surface area contributed by atoms with E-state index in [1.807, 2.05) is 18.3 Å². The van der Waals surface area contributed by atoms with Crippen LogP contribution in [0.15, 0.2) is 65.8 Å². The fourth-order valence-electron chi connectivity index (χ4n) is 2.72. The highest BCUT2D eigenvalue weighted by atomic mass is 35.5. The molecule has 0 aliphatic carbocycles. The van der Waals surface area contributed by atoms with E-state index in [9.17, 15) is 9.18 Å². The number of hydrogen-bond acceptors (Lipinski definition) is 2. The Labute approximate surface area is 141 Å². The number of halogens is 2. The van der Waals surface area contributed by atoms with Crippen molar-refractivity contribution in [2.75, 3.05) is 0 Å². The van der Waals surface area contributed by atoms with E-state index < -0.39 is 0 Å². The molecule has 2 heterocycles. The van der Waals surface area contributed by atoms with Crippen molar-refractivity contribution in [3.05, 3.63) is 82.2 Å². The molecule has 2 aromatic carbocycles. The molecule has 0 atom stereocenters. The van der Waals surface area contributed by atoms with Crippen molar-refractivity contribution >= 4 is 22.6 Å². The smallest absolute Gasteiger partial charge is 0.260 e. The highest BCUT2D eigenvalue weighted by Gasteiger charge is 2.15. The van der Waals surface area contributed by atoms with Gasteiger partial charge >= 0.3 is 0 Å². The maximum atomic E-state index is 13.2. The number of nitrogens with zero attached hydrogens (tertiary/aromatic N) is 2. The molecule has 4 nitrogen and oxygen atoms in total. The summed E-state index contributed by atoms with van der Waals surface area (Å²) in [5.41, 5.74) is 2.59. The van der Waals surface area contributed by atoms with Gasteiger partial charge in [0.15, 0.2) is 5.65 Å². The standard InChI is InChI=1S/C18H11ClFN3O/c19-12-3-1-11(2-4-12)15-9-23(14-7-5-13(20)6-8-14)17-16(15)18(24)22-10-21-17/h1-10H,(H,21,22,24). The van der Waals surface area contributed by atoms with E-state index in [2.05, 4.69) is 9.97 Å². The number of nitrogens with one attached hydrogen (secondary N) is 1. The molecule has 0 aliphatic rings. The van der Waals surface area contributed by atoms with Crippen LogP contribution in [0, 0.1) is 5.82 Å². The molecule has 0 unspecified atom stereocenters. The molecule has 0 saturated heterocycles. The molecule has 0 fully saturated rings. The van der Waals surface area contributed by atoms with Gasteiger partial charge in [-0.3, -0.25) is 4.79 Å². The summed E-state index contributed by atoms with van der Waals surface area (Å²) in [6.07, 6.45) is 3.18. The second kappa shape index (κ2) is 5.62. The van der Waals surface area contributed by atoms with E-state index in [4.69, 9.17) is 11.6 Å². The molecule has 6 heteroatoms. The summed E-state index contributed by atoms with van der Waals surface area (Å²) in [7, 11) is 0. The molecule has 0 bridgehead atoms. The molecule has 0 radical (unpaired) electrons. The minimum Gasteiger partial charge on any atom is -0.312 e. The molecule has 24 heavy (non-hydrogen) atoms. The average Bonchev–Trinajstić information content (AvgIpc) is 2.97. The van der Waals surface area contributed by atoms with Crippen molar-refractivity contribution in [1.82, 2.24) is 14.5 Å². The Morgan fingerprint density at radius 1 is 1.04 bits per heavy atom. The molecule has 1 N–H and O–H groups in total. The number of benzene rings is 2. The second-order valence-electron chi connectivity index (χ2n) is 5.33. The van der Waals surface area contributed by atoms with Crippen LogP contribution in [-0.2, 0) is 0 Å². The van der Waals surface area contributed by atoms with Gasteiger partial charge in [0.25, 0.3) is 5.56 Å². The van der Waals surface area contributed by atoms with Crippen molar-refractivity contribution in [2.24, 2.45) is 0 Å². The van der Waals surface area contributed by atoms with Gasteiger partial charge in [0.05, 0.1) is 11.7 Å². The molecular weight excluding hydrogens is 329 g/mol. The molecule has 2 aromatic heterocycles. The van der Waals surface area contributed by atoms with E-state index in [-0.39, 0.29) is 11.4 Å². The molecular formula is C18H11ClFN3O. The summed E-state index contributed by atoms with van der Waals surface area (Å²) >= 11 is 5.94. The Bertz CT molecular complexity index is 1080. The zero-order valence-electron chi connectivity index (χ0n) is 12.3. The maximum absolute atomic E-state index is 13.2. The minimum atomic E-state index is -0.320. The largest absolute Gasteiger partial charge is 0.312 e. The van der Waals surface area contributed by atoms with Gasteiger partial charge in [0.1, 0.15) is 5.82 Å². The van der Waals surface area contributed by atoms with Gasteiger partial charge in [-0.15, -0.1) is 0 Å². The number of aromatic amines is 1. The van der Waals surface area contributed by atoms with Crippen molar-refractivity contribution in [3.8, 4) is 16.8 Å². The van der Waals surface area contributed by atoms with Crippen LogP contribution in [0.2, 0.25) is 5.02 Å². The normalized spacial score (nSPS) is 11.1. The van der Waals surface area contributed by atoms with Gasteiger partial charge < -0.3 is 9.55 Å². The zero-order valence-corrected chi connectivity index (χ0v) is 13.1. The van der Waals surface area contributed by atoms with Crippen LogP contribution < -0.4 is 5.56 Å². The summed E-state index contributed by atoms with van der Waals surface area (Å²) < 4.78 is 15.0. The minimum absolute atomic E-state index is 0.231. The Morgan fingerprint density at radius 3 is 2.46 bits per heavy atom. The van der Waals surface area contributed by atoms with Crippen molar-refractivity contribution in [2.45, 2.75) is 0 Å². The summed E-state index contributed by atoms with van der Waals surface area (Å²) in [5, 5.41) is 1.09. The summed E-state index contributed by atoms with van der Waals surface area (Å²) in [6.45, 7) is 0. The van der Waals surface area contributed by atoms with Crippen LogP contribution in [0.5, 0.6) is 0 Å². The van der Waals surface area contributed by atoms with Crippen LogP contribution in [-0.4, -0.2) is 14.5 Å². The van der Waals surface area contributed by atoms with Crippen LogP contribution in [0.1, 0.15) is 0 Å². The number of fused-ring (bicyclic) bond motifs is 1. The molecule has 0 saturated carbocycles. The lowest BCUT2D eigenvalue weighted by Gasteiger charge is -2.03. The van der Waals surface area contributed by atoms with Gasteiger partial charge in [-0.2, -0.15) is 0 Å². The van der Waals surface area contributed by atoms with Gasteiger partial charge in [0, 0.05) is 22.5 Å². The van der Waals surface area contributed by atoms with E-state index >= 15 is 0 Å².